The number of hydrogen-bond donors (Lipinski definition) is 0. The van der Waals surface area contributed by atoms with Crippen LogP contribution in [0.3, 0.4) is 0 Å². The first-order valence-electron chi connectivity index (χ1n) is 21.2. The number of benzene rings is 6. The minimum atomic E-state index is -4.77. The van der Waals surface area contributed by atoms with Crippen LogP contribution in [0.25, 0.3) is 66.1 Å². The van der Waals surface area contributed by atoms with E-state index in [1.807, 2.05) is 6.07 Å². The number of nitrogens with zero attached hydrogens (tertiary/aromatic N) is 4. The molecule has 0 bridgehead atoms. The molecule has 4 nitrogen and oxygen atoms in total. The van der Waals surface area contributed by atoms with Gasteiger partial charge in [0.1, 0.15) is 11.6 Å². The standard InChI is InChI=1S/C55H53F3N4/c1-24-28(5)36(13)51-47(32(24)9)48-33(10)25(2)29(6)37(14)52(48)61(51)45-20-41(42-18-17-40(22-59)19-44(42)55(56,57)58)21-46(43(45)23-60)62-53-38(15)30(7)26(3)34(11)49(53)50-35(12)27(4)31(8)39(16)54(50)62/h17-21H,1-16H3. The van der Waals surface area contributed by atoms with Crippen LogP contribution < -0.4 is 0 Å². The number of nitriles is 2. The highest BCUT2D eigenvalue weighted by atomic mass is 19.4. The maximum Gasteiger partial charge on any atom is 0.417 e. The van der Waals surface area contributed by atoms with Gasteiger partial charge in [-0.15, -0.1) is 0 Å². The van der Waals surface area contributed by atoms with E-state index in [0.29, 0.717) is 22.5 Å². The van der Waals surface area contributed by atoms with Gasteiger partial charge < -0.3 is 9.13 Å². The topological polar surface area (TPSA) is 57.4 Å². The van der Waals surface area contributed by atoms with Crippen LogP contribution in [0.15, 0.2) is 30.3 Å². The molecule has 0 unspecified atom stereocenters. The highest BCUT2D eigenvalue weighted by molar-refractivity contribution is 6.17. The third-order valence-corrected chi connectivity index (χ3v) is 15.5. The van der Waals surface area contributed by atoms with E-state index in [9.17, 15) is 10.5 Å². The number of aryl methyl sites for hydroxylation is 8. The Balaban J connectivity index is 1.75. The van der Waals surface area contributed by atoms with E-state index in [0.717, 1.165) is 116 Å². The molecule has 0 radical (unpaired) electrons. The van der Waals surface area contributed by atoms with E-state index in [1.54, 1.807) is 12.1 Å². The average Bonchev–Trinajstić information content (AvgIpc) is 3.80. The summed E-state index contributed by atoms with van der Waals surface area (Å²) in [7, 11) is 0. The molecule has 8 aromatic rings. The van der Waals surface area contributed by atoms with Gasteiger partial charge in [-0.1, -0.05) is 6.07 Å². The Labute approximate surface area is 362 Å². The second kappa shape index (κ2) is 14.1. The van der Waals surface area contributed by atoms with Crippen molar-refractivity contribution in [3.05, 3.63) is 136 Å². The van der Waals surface area contributed by atoms with Crippen molar-refractivity contribution in [1.29, 1.82) is 10.5 Å². The largest absolute Gasteiger partial charge is 0.417 e. The molecule has 0 aliphatic carbocycles. The summed E-state index contributed by atoms with van der Waals surface area (Å²) in [5.41, 5.74) is 22.3. The number of hydrogen-bond acceptors (Lipinski definition) is 2. The van der Waals surface area contributed by atoms with Gasteiger partial charge in [0, 0.05) is 21.5 Å². The summed E-state index contributed by atoms with van der Waals surface area (Å²) < 4.78 is 50.3. The number of aromatic nitrogens is 2. The number of fused-ring (bicyclic) bond motifs is 6. The lowest BCUT2D eigenvalue weighted by Crippen LogP contribution is -2.10. The Bertz CT molecular complexity index is 3120. The van der Waals surface area contributed by atoms with Crippen LogP contribution in [0.2, 0.25) is 0 Å². The zero-order chi connectivity index (χ0) is 45.5. The Morgan fingerprint density at radius 1 is 0.403 bits per heavy atom. The predicted molar refractivity (Wildman–Crippen MR) is 251 cm³/mol. The van der Waals surface area contributed by atoms with Crippen molar-refractivity contribution in [3.8, 4) is 34.6 Å². The highest BCUT2D eigenvalue weighted by Gasteiger charge is 2.36. The van der Waals surface area contributed by atoms with Crippen LogP contribution in [0.4, 0.5) is 13.2 Å². The van der Waals surface area contributed by atoms with Gasteiger partial charge in [-0.3, -0.25) is 0 Å². The zero-order valence-corrected chi connectivity index (χ0v) is 38.8. The van der Waals surface area contributed by atoms with Crippen molar-refractivity contribution >= 4 is 43.6 Å². The van der Waals surface area contributed by atoms with E-state index in [2.05, 4.69) is 126 Å². The second-order valence-corrected chi connectivity index (χ2v) is 17.9. The van der Waals surface area contributed by atoms with E-state index in [1.165, 1.54) is 34.4 Å². The Morgan fingerprint density at radius 3 is 0.984 bits per heavy atom. The van der Waals surface area contributed by atoms with Crippen LogP contribution >= 0.6 is 0 Å². The van der Waals surface area contributed by atoms with Crippen molar-refractivity contribution < 1.29 is 13.2 Å². The number of alkyl halides is 3. The molecule has 0 saturated carbocycles. The maximum absolute atomic E-state index is 15.3. The molecule has 6 aromatic carbocycles. The molecular formula is C55H53F3N4. The number of rotatable bonds is 3. The first kappa shape index (κ1) is 42.4. The normalized spacial score (nSPS) is 12.1. The highest BCUT2D eigenvalue weighted by Crippen LogP contribution is 2.49. The van der Waals surface area contributed by atoms with Gasteiger partial charge in [0.25, 0.3) is 0 Å². The quantitative estimate of drug-likeness (QED) is 0.178. The van der Waals surface area contributed by atoms with Crippen molar-refractivity contribution in [3.63, 3.8) is 0 Å². The summed E-state index contributed by atoms with van der Waals surface area (Å²) in [5, 5.41) is 25.9. The second-order valence-electron chi connectivity index (χ2n) is 17.9. The van der Waals surface area contributed by atoms with Gasteiger partial charge in [0.2, 0.25) is 0 Å². The molecule has 0 spiro atoms. The summed E-state index contributed by atoms with van der Waals surface area (Å²) in [6.45, 7) is 34.2. The molecule has 2 heterocycles. The van der Waals surface area contributed by atoms with E-state index >= 15 is 13.2 Å². The van der Waals surface area contributed by atoms with E-state index in [-0.39, 0.29) is 11.1 Å². The van der Waals surface area contributed by atoms with Gasteiger partial charge in [-0.05, 0) is 235 Å². The molecule has 0 aliphatic heterocycles. The van der Waals surface area contributed by atoms with Crippen molar-refractivity contribution in [2.45, 2.75) is 117 Å². The summed E-state index contributed by atoms with van der Waals surface area (Å²) in [6, 6.07) is 11.9. The van der Waals surface area contributed by atoms with Crippen molar-refractivity contribution in [2.24, 2.45) is 0 Å². The van der Waals surface area contributed by atoms with Gasteiger partial charge in [0.15, 0.2) is 0 Å². The van der Waals surface area contributed by atoms with Crippen molar-refractivity contribution in [1.82, 2.24) is 9.13 Å². The van der Waals surface area contributed by atoms with Crippen LogP contribution in [0.5, 0.6) is 0 Å². The Hall–Kier alpha value is -6.31. The predicted octanol–water partition coefficient (Wildman–Crippen LogP) is 15.2. The van der Waals surface area contributed by atoms with E-state index < -0.39 is 11.7 Å². The molecule has 0 aliphatic rings. The van der Waals surface area contributed by atoms with Crippen LogP contribution in [-0.4, -0.2) is 9.13 Å². The van der Waals surface area contributed by atoms with Gasteiger partial charge in [-0.2, -0.15) is 23.7 Å². The molecule has 7 heteroatoms. The number of halogens is 3. The Kier molecular flexibility index (Phi) is 9.65. The smallest absolute Gasteiger partial charge is 0.307 e. The van der Waals surface area contributed by atoms with Gasteiger partial charge in [-0.25, -0.2) is 0 Å². The summed E-state index contributed by atoms with van der Waals surface area (Å²) in [5.74, 6) is 0. The molecule has 0 fully saturated rings. The first-order chi connectivity index (χ1) is 29.0. The zero-order valence-electron chi connectivity index (χ0n) is 38.8. The van der Waals surface area contributed by atoms with Crippen molar-refractivity contribution in [2.75, 3.05) is 0 Å². The molecule has 62 heavy (non-hydrogen) atoms. The average molecular weight is 827 g/mol. The van der Waals surface area contributed by atoms with E-state index in [4.69, 9.17) is 0 Å². The molecule has 0 N–H and O–H groups in total. The lowest BCUT2D eigenvalue weighted by atomic mass is 9.90. The molecule has 0 amide bonds. The van der Waals surface area contributed by atoms with Crippen LogP contribution in [0, 0.1) is 133 Å². The van der Waals surface area contributed by atoms with Crippen LogP contribution in [-0.2, 0) is 6.18 Å². The maximum atomic E-state index is 15.3. The minimum absolute atomic E-state index is 0.0651. The third-order valence-electron chi connectivity index (χ3n) is 15.5. The minimum Gasteiger partial charge on any atom is -0.307 e. The molecule has 314 valence electrons. The lowest BCUT2D eigenvalue weighted by molar-refractivity contribution is -0.137. The summed E-state index contributed by atoms with van der Waals surface area (Å²) >= 11 is 0. The van der Waals surface area contributed by atoms with Gasteiger partial charge in [0.05, 0.1) is 50.6 Å². The molecular weight excluding hydrogens is 774 g/mol. The fourth-order valence-corrected chi connectivity index (χ4v) is 10.6. The monoisotopic (exact) mass is 826 g/mol. The fraction of sp³-hybridized carbons (Fsp3) is 0.309. The lowest BCUT2D eigenvalue weighted by Gasteiger charge is -2.23. The third kappa shape index (κ3) is 5.50. The van der Waals surface area contributed by atoms with Crippen LogP contribution in [0.1, 0.15) is 106 Å². The summed E-state index contributed by atoms with van der Waals surface area (Å²) in [6.07, 6.45) is -4.77. The SMILES string of the molecule is Cc1c(C)c(C)c2c(c1C)c1c(C)c(C)c(C)c(C)c1n2-c1cc(-c2ccc(C#N)cc2C(F)(F)F)cc(-n2c3c(C)c(C)c(C)c(C)c3c3c(C)c(C)c(C)c(C)c32)c1C#N. The first-order valence-corrected chi connectivity index (χ1v) is 21.2. The molecule has 0 atom stereocenters. The van der Waals surface area contributed by atoms with Gasteiger partial charge >= 0.3 is 6.18 Å². The molecule has 8 rings (SSSR count). The summed E-state index contributed by atoms with van der Waals surface area (Å²) in [4.78, 5) is 0. The fourth-order valence-electron chi connectivity index (χ4n) is 10.6. The molecule has 0 saturated heterocycles. The Morgan fingerprint density at radius 2 is 0.710 bits per heavy atom. The molecule has 2 aromatic heterocycles.